The van der Waals surface area contributed by atoms with Crippen molar-refractivity contribution in [1.29, 1.82) is 0 Å². The number of carbonyl (C=O) groups is 1. The van der Waals surface area contributed by atoms with Gasteiger partial charge in [0.2, 0.25) is 0 Å². The molecule has 2 aromatic rings. The van der Waals surface area contributed by atoms with E-state index in [0.29, 0.717) is 16.9 Å². The highest BCUT2D eigenvalue weighted by Crippen LogP contribution is 2.31. The van der Waals surface area contributed by atoms with Crippen molar-refractivity contribution in [2.75, 3.05) is 26.2 Å². The van der Waals surface area contributed by atoms with Crippen LogP contribution in [-0.2, 0) is 0 Å². The number of H-pyrrole nitrogens is 1. The van der Waals surface area contributed by atoms with Crippen molar-refractivity contribution in [2.24, 2.45) is 5.41 Å². The zero-order valence-electron chi connectivity index (χ0n) is 16.9. The Morgan fingerprint density at radius 2 is 1.86 bits per heavy atom. The number of aromatic nitrogens is 3. The molecule has 2 saturated heterocycles. The summed E-state index contributed by atoms with van der Waals surface area (Å²) in [6.45, 7) is 9.74. The fourth-order valence-corrected chi connectivity index (χ4v) is 4.32. The SMILES string of the molecule is Cc1nn2c(C3CCNCC3)cc(=O)[nH]c2c1C(=O)N1CCC(C)(C)CC1.Cl. The van der Waals surface area contributed by atoms with Crippen LogP contribution in [-0.4, -0.2) is 51.6 Å². The fraction of sp³-hybridized carbons (Fsp3) is 0.650. The maximum Gasteiger partial charge on any atom is 0.259 e. The summed E-state index contributed by atoms with van der Waals surface area (Å²) in [5, 5.41) is 8.01. The molecule has 0 aromatic carbocycles. The molecule has 0 aliphatic carbocycles. The zero-order valence-corrected chi connectivity index (χ0v) is 17.7. The number of halogens is 1. The van der Waals surface area contributed by atoms with E-state index in [1.54, 1.807) is 10.6 Å². The van der Waals surface area contributed by atoms with Gasteiger partial charge in [-0.05, 0) is 51.1 Å². The summed E-state index contributed by atoms with van der Waals surface area (Å²) in [6, 6.07) is 1.65. The fourth-order valence-electron chi connectivity index (χ4n) is 4.32. The second kappa shape index (κ2) is 7.87. The van der Waals surface area contributed by atoms with Gasteiger partial charge >= 0.3 is 0 Å². The van der Waals surface area contributed by atoms with E-state index >= 15 is 0 Å². The largest absolute Gasteiger partial charge is 0.338 e. The van der Waals surface area contributed by atoms with Crippen LogP contribution >= 0.6 is 12.4 Å². The lowest BCUT2D eigenvalue weighted by atomic mass is 9.82. The van der Waals surface area contributed by atoms with E-state index in [1.165, 1.54) is 0 Å². The highest BCUT2D eigenvalue weighted by atomic mass is 35.5. The topological polar surface area (TPSA) is 82.5 Å². The molecule has 2 N–H and O–H groups in total. The average Bonchev–Trinajstić information content (AvgIpc) is 2.97. The van der Waals surface area contributed by atoms with Crippen LogP contribution in [0.25, 0.3) is 5.65 Å². The van der Waals surface area contributed by atoms with Gasteiger partial charge in [0.1, 0.15) is 11.2 Å². The number of nitrogens with zero attached hydrogens (tertiary/aromatic N) is 3. The Morgan fingerprint density at radius 3 is 2.50 bits per heavy atom. The minimum absolute atomic E-state index is 0. The van der Waals surface area contributed by atoms with Crippen molar-refractivity contribution in [1.82, 2.24) is 24.8 Å². The van der Waals surface area contributed by atoms with Gasteiger partial charge in [-0.2, -0.15) is 5.10 Å². The maximum atomic E-state index is 13.2. The number of fused-ring (bicyclic) bond motifs is 1. The number of aryl methyl sites for hydroxylation is 1. The summed E-state index contributed by atoms with van der Waals surface area (Å²) in [4.78, 5) is 30.4. The predicted molar refractivity (Wildman–Crippen MR) is 112 cm³/mol. The van der Waals surface area contributed by atoms with Crippen LogP contribution in [0.3, 0.4) is 0 Å². The molecule has 2 fully saturated rings. The van der Waals surface area contributed by atoms with Crippen LogP contribution in [0, 0.1) is 12.3 Å². The van der Waals surface area contributed by atoms with Crippen LogP contribution in [0.5, 0.6) is 0 Å². The molecule has 0 saturated carbocycles. The first-order valence-corrected chi connectivity index (χ1v) is 9.98. The Bertz CT molecular complexity index is 917. The molecule has 0 unspecified atom stereocenters. The summed E-state index contributed by atoms with van der Waals surface area (Å²) in [7, 11) is 0. The average molecular weight is 408 g/mol. The van der Waals surface area contributed by atoms with Crippen LogP contribution < -0.4 is 10.9 Å². The number of likely N-dealkylation sites (tertiary alicyclic amines) is 1. The summed E-state index contributed by atoms with van der Waals surface area (Å²) in [6.07, 6.45) is 3.94. The highest BCUT2D eigenvalue weighted by molar-refractivity contribution is 6.01. The number of rotatable bonds is 2. The van der Waals surface area contributed by atoms with Gasteiger partial charge in [0, 0.05) is 25.1 Å². The minimum atomic E-state index is -0.162. The normalized spacial score (nSPS) is 20.2. The number of hydrogen-bond donors (Lipinski definition) is 2. The summed E-state index contributed by atoms with van der Waals surface area (Å²) >= 11 is 0. The van der Waals surface area contributed by atoms with E-state index in [2.05, 4.69) is 29.2 Å². The molecule has 0 radical (unpaired) electrons. The molecule has 7 nitrogen and oxygen atoms in total. The van der Waals surface area contributed by atoms with E-state index < -0.39 is 0 Å². The first-order chi connectivity index (χ1) is 12.9. The van der Waals surface area contributed by atoms with E-state index in [1.807, 2.05) is 11.8 Å². The molecule has 0 bridgehead atoms. The number of carbonyl (C=O) groups excluding carboxylic acids is 1. The third kappa shape index (κ3) is 3.82. The van der Waals surface area contributed by atoms with E-state index in [9.17, 15) is 9.59 Å². The molecule has 1 amide bonds. The second-order valence-electron chi connectivity index (χ2n) is 8.76. The molecular formula is C20H30ClN5O2. The molecule has 154 valence electrons. The van der Waals surface area contributed by atoms with Crippen molar-refractivity contribution in [3.63, 3.8) is 0 Å². The van der Waals surface area contributed by atoms with Gasteiger partial charge in [0.25, 0.3) is 11.5 Å². The number of piperidine rings is 2. The van der Waals surface area contributed by atoms with Gasteiger partial charge in [-0.15, -0.1) is 12.4 Å². The van der Waals surface area contributed by atoms with Gasteiger partial charge in [0.15, 0.2) is 0 Å². The van der Waals surface area contributed by atoms with Crippen LogP contribution in [0.15, 0.2) is 10.9 Å². The first kappa shape index (κ1) is 20.9. The maximum absolute atomic E-state index is 13.2. The number of amides is 1. The number of aromatic amines is 1. The number of nitrogens with one attached hydrogen (secondary N) is 2. The molecule has 2 aromatic heterocycles. The van der Waals surface area contributed by atoms with Crippen LogP contribution in [0.4, 0.5) is 0 Å². The van der Waals surface area contributed by atoms with Gasteiger partial charge < -0.3 is 15.2 Å². The number of hydrogen-bond acceptors (Lipinski definition) is 4. The van der Waals surface area contributed by atoms with Crippen molar-refractivity contribution in [3.8, 4) is 0 Å². The third-order valence-electron chi connectivity index (χ3n) is 6.20. The molecule has 28 heavy (non-hydrogen) atoms. The van der Waals surface area contributed by atoms with E-state index in [4.69, 9.17) is 0 Å². The molecule has 4 heterocycles. The molecule has 2 aliphatic rings. The van der Waals surface area contributed by atoms with E-state index in [-0.39, 0.29) is 35.2 Å². The quantitative estimate of drug-likeness (QED) is 0.801. The van der Waals surface area contributed by atoms with Crippen LogP contribution in [0.1, 0.15) is 67.2 Å². The highest BCUT2D eigenvalue weighted by Gasteiger charge is 2.31. The van der Waals surface area contributed by atoms with Crippen LogP contribution in [0.2, 0.25) is 0 Å². The molecule has 0 spiro atoms. The van der Waals surface area contributed by atoms with Gasteiger partial charge in [-0.25, -0.2) is 4.52 Å². The van der Waals surface area contributed by atoms with Crippen molar-refractivity contribution in [3.05, 3.63) is 33.4 Å². The Balaban J connectivity index is 0.00000225. The standard InChI is InChI=1S/C20H29N5O2.ClH/c1-13-17(19(27)24-10-6-20(2,3)7-11-24)18-22-16(26)12-15(25(18)23-13)14-4-8-21-9-5-14;/h12,14,21H,4-11H2,1-3H3,(H,22,26);1H. The monoisotopic (exact) mass is 407 g/mol. The predicted octanol–water partition coefficient (Wildman–Crippen LogP) is 2.48. The minimum Gasteiger partial charge on any atom is -0.338 e. The molecule has 0 atom stereocenters. The Morgan fingerprint density at radius 1 is 1.21 bits per heavy atom. The Hall–Kier alpha value is -1.86. The molecule has 4 rings (SSSR count). The molecule has 2 aliphatic heterocycles. The van der Waals surface area contributed by atoms with Gasteiger partial charge in [-0.1, -0.05) is 13.8 Å². The molecular weight excluding hydrogens is 378 g/mol. The lowest BCUT2D eigenvalue weighted by Crippen LogP contribution is -2.41. The van der Waals surface area contributed by atoms with Gasteiger partial charge in [-0.3, -0.25) is 9.59 Å². The summed E-state index contributed by atoms with van der Waals surface area (Å²) in [5.74, 6) is 0.269. The Labute approximate surface area is 171 Å². The van der Waals surface area contributed by atoms with E-state index in [0.717, 1.165) is 57.6 Å². The zero-order chi connectivity index (χ0) is 19.2. The second-order valence-corrected chi connectivity index (χ2v) is 8.76. The summed E-state index contributed by atoms with van der Waals surface area (Å²) in [5.41, 5.74) is 2.80. The van der Waals surface area contributed by atoms with Crippen molar-refractivity contribution >= 4 is 24.0 Å². The van der Waals surface area contributed by atoms with Gasteiger partial charge in [0.05, 0.1) is 11.4 Å². The third-order valence-corrected chi connectivity index (χ3v) is 6.20. The Kier molecular flexibility index (Phi) is 5.87. The first-order valence-electron chi connectivity index (χ1n) is 9.98. The van der Waals surface area contributed by atoms with Crippen molar-refractivity contribution < 1.29 is 4.79 Å². The summed E-state index contributed by atoms with van der Waals surface area (Å²) < 4.78 is 1.80. The van der Waals surface area contributed by atoms with Crippen molar-refractivity contribution in [2.45, 2.75) is 52.4 Å². The smallest absolute Gasteiger partial charge is 0.259 e. The molecule has 8 heteroatoms. The lowest BCUT2D eigenvalue weighted by Gasteiger charge is -2.36. The lowest BCUT2D eigenvalue weighted by molar-refractivity contribution is 0.0631.